The van der Waals surface area contributed by atoms with Gasteiger partial charge in [0.05, 0.1) is 0 Å². The first kappa shape index (κ1) is 11.5. The summed E-state index contributed by atoms with van der Waals surface area (Å²) in [4.78, 5) is 12.7. The van der Waals surface area contributed by atoms with Crippen LogP contribution in [0, 0.1) is 5.92 Å². The molecule has 0 saturated carbocycles. The minimum absolute atomic E-state index is 0.488. The van der Waals surface area contributed by atoms with Gasteiger partial charge in [0.1, 0.15) is 6.04 Å². The lowest BCUT2D eigenvalue weighted by atomic mass is 10.0. The molecule has 14 heavy (non-hydrogen) atoms. The summed E-state index contributed by atoms with van der Waals surface area (Å²) in [6.45, 7) is 4.72. The molecule has 1 fully saturated rings. The standard InChI is InChI=1S/C10H20N2O2/c1-8-3-2-5-12(6-4-8)7-9(11)10(13)14/h8-9H,2-7,11H2,1H3,(H,13,14). The number of rotatable bonds is 3. The molecule has 1 saturated heterocycles. The summed E-state index contributed by atoms with van der Waals surface area (Å²) < 4.78 is 0. The van der Waals surface area contributed by atoms with E-state index in [2.05, 4.69) is 11.8 Å². The third-order valence-corrected chi connectivity index (χ3v) is 2.88. The van der Waals surface area contributed by atoms with Gasteiger partial charge in [-0.05, 0) is 38.3 Å². The van der Waals surface area contributed by atoms with E-state index in [-0.39, 0.29) is 0 Å². The van der Waals surface area contributed by atoms with Crippen molar-refractivity contribution in [2.45, 2.75) is 32.2 Å². The normalized spacial score (nSPS) is 26.9. The second kappa shape index (κ2) is 5.32. The first-order valence-corrected chi connectivity index (χ1v) is 5.30. The molecule has 0 spiro atoms. The van der Waals surface area contributed by atoms with Gasteiger partial charge in [-0.2, -0.15) is 0 Å². The molecule has 1 rings (SSSR count). The van der Waals surface area contributed by atoms with Crippen LogP contribution in [0.4, 0.5) is 0 Å². The topological polar surface area (TPSA) is 66.6 Å². The molecule has 0 amide bonds. The molecule has 2 atom stereocenters. The van der Waals surface area contributed by atoms with Crippen LogP contribution in [0.2, 0.25) is 0 Å². The third kappa shape index (κ3) is 3.64. The van der Waals surface area contributed by atoms with Gasteiger partial charge < -0.3 is 15.7 Å². The van der Waals surface area contributed by atoms with Gasteiger partial charge in [0.2, 0.25) is 0 Å². The predicted molar refractivity (Wildman–Crippen MR) is 55.1 cm³/mol. The molecule has 0 aromatic carbocycles. The maximum atomic E-state index is 10.6. The van der Waals surface area contributed by atoms with Gasteiger partial charge in [-0.25, -0.2) is 0 Å². The highest BCUT2D eigenvalue weighted by Crippen LogP contribution is 2.16. The number of carboxylic acid groups (broad SMARTS) is 1. The number of carboxylic acids is 1. The zero-order valence-corrected chi connectivity index (χ0v) is 8.78. The Morgan fingerprint density at radius 3 is 2.93 bits per heavy atom. The second-order valence-corrected chi connectivity index (χ2v) is 4.28. The predicted octanol–water partition coefficient (Wildman–Crippen LogP) is 0.520. The quantitative estimate of drug-likeness (QED) is 0.697. The maximum absolute atomic E-state index is 10.6. The van der Waals surface area contributed by atoms with Crippen molar-refractivity contribution >= 4 is 5.97 Å². The van der Waals surface area contributed by atoms with E-state index in [1.54, 1.807) is 0 Å². The molecule has 0 bridgehead atoms. The van der Waals surface area contributed by atoms with Crippen molar-refractivity contribution in [3.05, 3.63) is 0 Å². The fourth-order valence-corrected chi connectivity index (χ4v) is 1.86. The van der Waals surface area contributed by atoms with Crippen molar-refractivity contribution in [3.8, 4) is 0 Å². The second-order valence-electron chi connectivity index (χ2n) is 4.28. The molecule has 0 aromatic heterocycles. The van der Waals surface area contributed by atoms with Gasteiger partial charge in [-0.1, -0.05) is 6.92 Å². The van der Waals surface area contributed by atoms with E-state index < -0.39 is 12.0 Å². The van der Waals surface area contributed by atoms with Crippen LogP contribution in [0.25, 0.3) is 0 Å². The number of hydrogen-bond acceptors (Lipinski definition) is 3. The van der Waals surface area contributed by atoms with Crippen molar-refractivity contribution in [3.63, 3.8) is 0 Å². The van der Waals surface area contributed by atoms with Gasteiger partial charge in [-0.3, -0.25) is 4.79 Å². The number of likely N-dealkylation sites (tertiary alicyclic amines) is 1. The number of nitrogens with two attached hydrogens (primary N) is 1. The SMILES string of the molecule is CC1CCCN(CC(N)C(=O)O)CC1. The molecule has 1 aliphatic rings. The van der Waals surface area contributed by atoms with Crippen LogP contribution in [-0.2, 0) is 4.79 Å². The van der Waals surface area contributed by atoms with Gasteiger partial charge >= 0.3 is 5.97 Å². The molecule has 4 nitrogen and oxygen atoms in total. The summed E-state index contributed by atoms with van der Waals surface area (Å²) in [7, 11) is 0. The lowest BCUT2D eigenvalue weighted by Crippen LogP contribution is -2.43. The van der Waals surface area contributed by atoms with Crippen LogP contribution >= 0.6 is 0 Å². The Kier molecular flexibility index (Phi) is 4.35. The van der Waals surface area contributed by atoms with E-state index in [4.69, 9.17) is 10.8 Å². The van der Waals surface area contributed by atoms with Crippen molar-refractivity contribution in [2.75, 3.05) is 19.6 Å². The first-order chi connectivity index (χ1) is 6.59. The van der Waals surface area contributed by atoms with Gasteiger partial charge in [0.15, 0.2) is 0 Å². The van der Waals surface area contributed by atoms with Crippen LogP contribution in [0.15, 0.2) is 0 Å². The average Bonchev–Trinajstić information content (AvgIpc) is 2.31. The summed E-state index contributed by atoms with van der Waals surface area (Å²) in [6.07, 6.45) is 3.57. The number of carbonyl (C=O) groups is 1. The Morgan fingerprint density at radius 1 is 1.57 bits per heavy atom. The molecular weight excluding hydrogens is 180 g/mol. The van der Waals surface area contributed by atoms with Crippen LogP contribution in [0.1, 0.15) is 26.2 Å². The highest BCUT2D eigenvalue weighted by atomic mass is 16.4. The van der Waals surface area contributed by atoms with Crippen LogP contribution in [0.5, 0.6) is 0 Å². The molecule has 0 aromatic rings. The Bertz CT molecular complexity index is 197. The van der Waals surface area contributed by atoms with Gasteiger partial charge in [0.25, 0.3) is 0 Å². The minimum Gasteiger partial charge on any atom is -0.480 e. The van der Waals surface area contributed by atoms with Crippen molar-refractivity contribution < 1.29 is 9.90 Å². The van der Waals surface area contributed by atoms with E-state index in [9.17, 15) is 4.79 Å². The van der Waals surface area contributed by atoms with Gasteiger partial charge in [0, 0.05) is 6.54 Å². The molecule has 1 heterocycles. The Labute approximate surface area is 85.1 Å². The molecular formula is C10H20N2O2. The average molecular weight is 200 g/mol. The lowest BCUT2D eigenvalue weighted by molar-refractivity contribution is -0.139. The van der Waals surface area contributed by atoms with E-state index in [1.807, 2.05) is 0 Å². The summed E-state index contributed by atoms with van der Waals surface area (Å²) in [5.41, 5.74) is 5.49. The fourth-order valence-electron chi connectivity index (χ4n) is 1.86. The zero-order valence-electron chi connectivity index (χ0n) is 8.78. The van der Waals surface area contributed by atoms with Crippen LogP contribution in [0.3, 0.4) is 0 Å². The first-order valence-electron chi connectivity index (χ1n) is 5.30. The van der Waals surface area contributed by atoms with E-state index in [0.29, 0.717) is 6.54 Å². The molecule has 1 aliphatic heterocycles. The number of nitrogens with zero attached hydrogens (tertiary/aromatic N) is 1. The van der Waals surface area contributed by atoms with Crippen molar-refractivity contribution in [2.24, 2.45) is 11.7 Å². The lowest BCUT2D eigenvalue weighted by Gasteiger charge is -2.21. The molecule has 4 heteroatoms. The monoisotopic (exact) mass is 200 g/mol. The summed E-state index contributed by atoms with van der Waals surface area (Å²) in [5.74, 6) is -0.136. The zero-order chi connectivity index (χ0) is 10.6. The fraction of sp³-hybridized carbons (Fsp3) is 0.900. The highest BCUT2D eigenvalue weighted by molar-refractivity contribution is 5.73. The van der Waals surface area contributed by atoms with Crippen molar-refractivity contribution in [1.82, 2.24) is 4.90 Å². The van der Waals surface area contributed by atoms with Crippen molar-refractivity contribution in [1.29, 1.82) is 0 Å². The van der Waals surface area contributed by atoms with E-state index >= 15 is 0 Å². The van der Waals surface area contributed by atoms with Crippen LogP contribution in [-0.4, -0.2) is 41.7 Å². The van der Waals surface area contributed by atoms with Crippen LogP contribution < -0.4 is 5.73 Å². The highest BCUT2D eigenvalue weighted by Gasteiger charge is 2.19. The summed E-state index contributed by atoms with van der Waals surface area (Å²) >= 11 is 0. The smallest absolute Gasteiger partial charge is 0.321 e. The number of aliphatic carboxylic acids is 1. The molecule has 2 unspecified atom stereocenters. The van der Waals surface area contributed by atoms with Gasteiger partial charge in [-0.15, -0.1) is 0 Å². The maximum Gasteiger partial charge on any atom is 0.321 e. The largest absolute Gasteiger partial charge is 0.480 e. The van der Waals surface area contributed by atoms with E-state index in [1.165, 1.54) is 6.42 Å². The summed E-state index contributed by atoms with van der Waals surface area (Å²) in [5, 5.41) is 8.68. The number of hydrogen-bond donors (Lipinski definition) is 2. The molecule has 3 N–H and O–H groups in total. The molecule has 82 valence electrons. The minimum atomic E-state index is -0.901. The Balaban J connectivity index is 2.33. The molecule has 0 radical (unpaired) electrons. The Hall–Kier alpha value is -0.610. The Morgan fingerprint density at radius 2 is 2.29 bits per heavy atom. The molecule has 0 aliphatic carbocycles. The third-order valence-electron chi connectivity index (χ3n) is 2.88. The summed E-state index contributed by atoms with van der Waals surface area (Å²) in [6, 6.07) is -0.733. The van der Waals surface area contributed by atoms with E-state index in [0.717, 1.165) is 31.8 Å².